The van der Waals surface area contributed by atoms with Crippen molar-refractivity contribution in [3.05, 3.63) is 34.9 Å². The zero-order valence-electron chi connectivity index (χ0n) is 13.9. The van der Waals surface area contributed by atoms with Crippen LogP contribution in [0.3, 0.4) is 0 Å². The second-order valence-electron chi connectivity index (χ2n) is 6.79. The fourth-order valence-corrected chi connectivity index (χ4v) is 4.18. The van der Waals surface area contributed by atoms with Gasteiger partial charge in [0.25, 0.3) is 0 Å². The number of hydrogen-bond acceptors (Lipinski definition) is 2. The molecule has 1 aromatic rings. The summed E-state index contributed by atoms with van der Waals surface area (Å²) >= 11 is 6.17. The Bertz CT molecular complexity index is 461. The van der Waals surface area contributed by atoms with Crippen molar-refractivity contribution in [3.63, 3.8) is 0 Å². The molecule has 1 saturated heterocycles. The molecule has 132 valence electrons. The van der Waals surface area contributed by atoms with Crippen LogP contribution in [0.4, 0.5) is 0 Å². The van der Waals surface area contributed by atoms with Gasteiger partial charge in [0, 0.05) is 31.2 Å². The Morgan fingerprint density at radius 2 is 1.83 bits per heavy atom. The predicted octanol–water partition coefficient (Wildman–Crippen LogP) is 4.70. The van der Waals surface area contributed by atoms with Crippen molar-refractivity contribution >= 4 is 36.4 Å². The van der Waals surface area contributed by atoms with Crippen LogP contribution in [-0.4, -0.2) is 49.6 Å². The van der Waals surface area contributed by atoms with Crippen LogP contribution in [0.2, 0.25) is 5.02 Å². The fourth-order valence-electron chi connectivity index (χ4n) is 3.98. The maximum Gasteiger partial charge on any atom is 0.0408 e. The van der Waals surface area contributed by atoms with Crippen LogP contribution in [0.1, 0.15) is 37.2 Å². The molecule has 5 heteroatoms. The van der Waals surface area contributed by atoms with Gasteiger partial charge in [-0.2, -0.15) is 0 Å². The summed E-state index contributed by atoms with van der Waals surface area (Å²) in [6, 6.07) is 8.54. The monoisotopic (exact) mass is 378 g/mol. The topological polar surface area (TPSA) is 6.48 Å². The van der Waals surface area contributed by atoms with Crippen molar-refractivity contribution in [2.45, 2.75) is 31.6 Å². The van der Waals surface area contributed by atoms with Gasteiger partial charge < -0.3 is 9.80 Å². The quantitative estimate of drug-likeness (QED) is 0.748. The second-order valence-corrected chi connectivity index (χ2v) is 7.22. The van der Waals surface area contributed by atoms with Gasteiger partial charge in [-0.15, -0.1) is 24.8 Å². The summed E-state index contributed by atoms with van der Waals surface area (Å²) in [4.78, 5) is 5.08. The Morgan fingerprint density at radius 3 is 2.52 bits per heavy atom. The smallest absolute Gasteiger partial charge is 0.0408 e. The molecule has 2 nitrogen and oxygen atoms in total. The van der Waals surface area contributed by atoms with E-state index in [0.29, 0.717) is 0 Å². The molecule has 1 heterocycles. The molecule has 1 aromatic carbocycles. The largest absolute Gasteiger partial charge is 0.304 e. The van der Waals surface area contributed by atoms with E-state index in [-0.39, 0.29) is 24.8 Å². The van der Waals surface area contributed by atoms with E-state index in [1.54, 1.807) is 0 Å². The molecule has 0 amide bonds. The Hall–Kier alpha value is 0.01000. The highest BCUT2D eigenvalue weighted by Gasteiger charge is 2.29. The summed E-state index contributed by atoms with van der Waals surface area (Å²) < 4.78 is 0. The Morgan fingerprint density at radius 1 is 1.09 bits per heavy atom. The van der Waals surface area contributed by atoms with Gasteiger partial charge in [-0.1, -0.05) is 30.2 Å². The van der Waals surface area contributed by atoms with Crippen LogP contribution >= 0.6 is 36.4 Å². The van der Waals surface area contributed by atoms with Gasteiger partial charge in [0.05, 0.1) is 0 Å². The molecule has 1 aliphatic heterocycles. The van der Waals surface area contributed by atoms with Crippen LogP contribution in [0, 0.1) is 5.92 Å². The summed E-state index contributed by atoms with van der Waals surface area (Å²) in [5.74, 6) is 1.58. The summed E-state index contributed by atoms with van der Waals surface area (Å²) in [6.07, 6.45) is 5.46. The molecule has 0 N–H and O–H groups in total. The first-order valence-electron chi connectivity index (χ1n) is 8.39. The van der Waals surface area contributed by atoms with E-state index >= 15 is 0 Å². The lowest BCUT2D eigenvalue weighted by Crippen LogP contribution is -2.45. The highest BCUT2D eigenvalue weighted by atomic mass is 35.5. The van der Waals surface area contributed by atoms with Crippen molar-refractivity contribution in [1.29, 1.82) is 0 Å². The van der Waals surface area contributed by atoms with Crippen LogP contribution in [-0.2, 0) is 0 Å². The molecule has 2 unspecified atom stereocenters. The molecule has 1 aliphatic carbocycles. The van der Waals surface area contributed by atoms with Crippen molar-refractivity contribution in [3.8, 4) is 0 Å². The van der Waals surface area contributed by atoms with E-state index in [4.69, 9.17) is 11.6 Å². The highest BCUT2D eigenvalue weighted by molar-refractivity contribution is 6.30. The van der Waals surface area contributed by atoms with Gasteiger partial charge >= 0.3 is 0 Å². The standard InChI is InChI=1S/C18H27ClN2.2ClH/c1-20-10-12-21(13-11-20)9-8-15-4-3-7-18(15)16-5-2-6-17(19)14-16;;/h2,5-6,14-15,18H,3-4,7-13H2,1H3;2*1H. The minimum absolute atomic E-state index is 0. The zero-order chi connectivity index (χ0) is 14.7. The van der Waals surface area contributed by atoms with Gasteiger partial charge in [-0.25, -0.2) is 0 Å². The molecule has 0 spiro atoms. The molecule has 3 rings (SSSR count). The lowest BCUT2D eigenvalue weighted by atomic mass is 9.86. The molecule has 0 bridgehead atoms. The molecular formula is C18H29Cl3N2. The normalized spacial score (nSPS) is 25.7. The van der Waals surface area contributed by atoms with Gasteiger partial charge in [0.1, 0.15) is 0 Å². The highest BCUT2D eigenvalue weighted by Crippen LogP contribution is 2.42. The van der Waals surface area contributed by atoms with E-state index in [1.807, 2.05) is 6.07 Å². The summed E-state index contributed by atoms with van der Waals surface area (Å²) in [5.41, 5.74) is 1.46. The van der Waals surface area contributed by atoms with Crippen LogP contribution < -0.4 is 0 Å². The number of rotatable bonds is 4. The fraction of sp³-hybridized carbons (Fsp3) is 0.667. The molecule has 2 atom stereocenters. The van der Waals surface area contributed by atoms with Gasteiger partial charge in [0.15, 0.2) is 0 Å². The van der Waals surface area contributed by atoms with Gasteiger partial charge in [0.2, 0.25) is 0 Å². The first-order chi connectivity index (χ1) is 10.2. The molecule has 2 fully saturated rings. The van der Waals surface area contributed by atoms with Crippen molar-refractivity contribution in [2.75, 3.05) is 39.8 Å². The molecule has 1 saturated carbocycles. The maximum atomic E-state index is 6.17. The number of piperazine rings is 1. The molecule has 23 heavy (non-hydrogen) atoms. The van der Waals surface area contributed by atoms with E-state index in [1.165, 1.54) is 64.0 Å². The van der Waals surface area contributed by atoms with Crippen LogP contribution in [0.5, 0.6) is 0 Å². The summed E-state index contributed by atoms with van der Waals surface area (Å²) in [5, 5.41) is 0.886. The van der Waals surface area contributed by atoms with Gasteiger partial charge in [-0.3, -0.25) is 0 Å². The number of hydrogen-bond donors (Lipinski definition) is 0. The first kappa shape index (κ1) is 21.1. The minimum Gasteiger partial charge on any atom is -0.304 e. The lowest BCUT2D eigenvalue weighted by molar-refractivity contribution is 0.145. The Balaban J connectivity index is 0.00000132. The van der Waals surface area contributed by atoms with Crippen LogP contribution in [0.25, 0.3) is 0 Å². The third-order valence-corrected chi connectivity index (χ3v) is 5.58. The number of nitrogens with zero attached hydrogens (tertiary/aromatic N) is 2. The van der Waals surface area contributed by atoms with E-state index < -0.39 is 0 Å². The maximum absolute atomic E-state index is 6.17. The first-order valence-corrected chi connectivity index (χ1v) is 8.76. The van der Waals surface area contributed by atoms with E-state index in [9.17, 15) is 0 Å². The molecule has 0 aromatic heterocycles. The molecular weight excluding hydrogens is 351 g/mol. The Labute approximate surface area is 158 Å². The SMILES string of the molecule is CN1CCN(CCC2CCCC2c2cccc(Cl)c2)CC1.Cl.Cl. The predicted molar refractivity (Wildman–Crippen MR) is 105 cm³/mol. The molecule has 2 aliphatic rings. The minimum atomic E-state index is 0. The zero-order valence-corrected chi connectivity index (χ0v) is 16.3. The average molecular weight is 380 g/mol. The van der Waals surface area contributed by atoms with Crippen molar-refractivity contribution < 1.29 is 0 Å². The average Bonchev–Trinajstić information content (AvgIpc) is 2.95. The number of likely N-dealkylation sites (N-methyl/N-ethyl adjacent to an activating group) is 1. The molecule has 0 radical (unpaired) electrons. The summed E-state index contributed by atoms with van der Waals surface area (Å²) in [6.45, 7) is 6.20. The summed E-state index contributed by atoms with van der Waals surface area (Å²) in [7, 11) is 2.23. The number of benzene rings is 1. The third-order valence-electron chi connectivity index (χ3n) is 5.35. The van der Waals surface area contributed by atoms with Crippen molar-refractivity contribution in [1.82, 2.24) is 9.80 Å². The van der Waals surface area contributed by atoms with E-state index in [2.05, 4.69) is 35.0 Å². The second kappa shape index (κ2) is 10.1. The van der Waals surface area contributed by atoms with Crippen LogP contribution in [0.15, 0.2) is 24.3 Å². The van der Waals surface area contributed by atoms with Crippen molar-refractivity contribution in [2.24, 2.45) is 5.92 Å². The third kappa shape index (κ3) is 5.79. The Kier molecular flexibility index (Phi) is 9.25. The van der Waals surface area contributed by atoms with E-state index in [0.717, 1.165) is 16.9 Å². The lowest BCUT2D eigenvalue weighted by Gasteiger charge is -2.33. The number of halogens is 3. The van der Waals surface area contributed by atoms with Gasteiger partial charge in [-0.05, 0) is 62.4 Å².